The van der Waals surface area contributed by atoms with Crippen LogP contribution in [-0.4, -0.2) is 10.9 Å². The maximum Gasteiger partial charge on any atom is 0.229 e. The molecule has 21 heavy (non-hydrogen) atoms. The van der Waals surface area contributed by atoms with Crippen molar-refractivity contribution in [3.05, 3.63) is 18.2 Å². The van der Waals surface area contributed by atoms with Crippen LogP contribution in [0.15, 0.2) is 18.2 Å². The van der Waals surface area contributed by atoms with Crippen molar-refractivity contribution in [1.29, 1.82) is 0 Å². The number of benzene rings is 1. The van der Waals surface area contributed by atoms with Gasteiger partial charge in [-0.25, -0.2) is 4.98 Å². The van der Waals surface area contributed by atoms with Gasteiger partial charge < -0.3 is 11.1 Å². The van der Waals surface area contributed by atoms with Gasteiger partial charge in [-0.05, 0) is 61.1 Å². The van der Waals surface area contributed by atoms with E-state index in [9.17, 15) is 4.79 Å². The Bertz CT molecular complexity index is 739. The summed E-state index contributed by atoms with van der Waals surface area (Å²) in [5, 5.41) is 3.74. The van der Waals surface area contributed by atoms with Gasteiger partial charge in [0.15, 0.2) is 5.13 Å². The molecule has 5 rings (SSSR count). The standard InChI is InChI=1S/C16H17N3OS/c17-9-3-4-10-11(6-9)21-16(18-10)19-15(20)14-12-7-1-2-8(5-7)13(12)14/h3-4,6-8,12-14H,1-2,5,17H2,(H,18,19,20). The first-order valence-corrected chi connectivity index (χ1v) is 8.49. The van der Waals surface area contributed by atoms with Crippen LogP contribution in [0.4, 0.5) is 10.8 Å². The second kappa shape index (κ2) is 3.97. The first-order valence-electron chi connectivity index (χ1n) is 7.67. The van der Waals surface area contributed by atoms with Crippen LogP contribution in [0.3, 0.4) is 0 Å². The van der Waals surface area contributed by atoms with Crippen LogP contribution in [0.5, 0.6) is 0 Å². The quantitative estimate of drug-likeness (QED) is 0.837. The lowest BCUT2D eigenvalue weighted by Gasteiger charge is -2.07. The molecule has 4 nitrogen and oxygen atoms in total. The highest BCUT2D eigenvalue weighted by molar-refractivity contribution is 7.22. The van der Waals surface area contributed by atoms with Crippen molar-refractivity contribution in [3.63, 3.8) is 0 Å². The zero-order valence-corrected chi connectivity index (χ0v) is 12.4. The summed E-state index contributed by atoms with van der Waals surface area (Å²) in [6.07, 6.45) is 4.06. The van der Waals surface area contributed by atoms with Gasteiger partial charge in [0.05, 0.1) is 10.2 Å². The summed E-state index contributed by atoms with van der Waals surface area (Å²) >= 11 is 1.51. The summed E-state index contributed by atoms with van der Waals surface area (Å²) in [5.41, 5.74) is 7.42. The molecule has 3 saturated carbocycles. The number of carbonyl (C=O) groups is 1. The molecule has 108 valence electrons. The molecule has 1 amide bonds. The molecule has 0 spiro atoms. The van der Waals surface area contributed by atoms with E-state index < -0.39 is 0 Å². The highest BCUT2D eigenvalue weighted by Gasteiger charge is 2.67. The SMILES string of the molecule is Nc1ccc2nc(NC(=O)C3C4C5CCC(C5)C34)sc2c1. The van der Waals surface area contributed by atoms with E-state index in [0.29, 0.717) is 17.0 Å². The van der Waals surface area contributed by atoms with E-state index in [0.717, 1.165) is 27.7 Å². The third-order valence-corrected chi connectivity index (χ3v) is 6.61. The molecule has 1 aromatic heterocycles. The van der Waals surface area contributed by atoms with Gasteiger partial charge in [-0.3, -0.25) is 4.79 Å². The Morgan fingerprint density at radius 2 is 2.05 bits per heavy atom. The third-order valence-electron chi connectivity index (χ3n) is 5.68. The van der Waals surface area contributed by atoms with E-state index in [1.165, 1.54) is 30.6 Å². The molecule has 2 aromatic rings. The van der Waals surface area contributed by atoms with Crippen molar-refractivity contribution in [2.24, 2.45) is 29.6 Å². The van der Waals surface area contributed by atoms with E-state index >= 15 is 0 Å². The largest absolute Gasteiger partial charge is 0.399 e. The number of hydrogen-bond acceptors (Lipinski definition) is 4. The minimum atomic E-state index is 0.189. The number of amides is 1. The molecule has 4 unspecified atom stereocenters. The summed E-state index contributed by atoms with van der Waals surface area (Å²) in [7, 11) is 0. The molecule has 1 heterocycles. The molecule has 4 atom stereocenters. The van der Waals surface area contributed by atoms with E-state index in [2.05, 4.69) is 10.3 Å². The molecule has 0 saturated heterocycles. The maximum absolute atomic E-state index is 12.5. The van der Waals surface area contributed by atoms with Crippen LogP contribution in [0.25, 0.3) is 10.2 Å². The molecule has 3 aliphatic carbocycles. The fourth-order valence-corrected chi connectivity index (χ4v) is 5.78. The predicted molar refractivity (Wildman–Crippen MR) is 84.0 cm³/mol. The van der Waals surface area contributed by atoms with E-state index in [1.54, 1.807) is 0 Å². The Balaban J connectivity index is 1.36. The summed E-state index contributed by atoms with van der Waals surface area (Å²) in [4.78, 5) is 17.0. The van der Waals surface area contributed by atoms with Crippen molar-refractivity contribution >= 4 is 38.3 Å². The van der Waals surface area contributed by atoms with Crippen molar-refractivity contribution in [3.8, 4) is 0 Å². The number of rotatable bonds is 2. The fourth-order valence-electron chi connectivity index (χ4n) is 4.86. The monoisotopic (exact) mass is 299 g/mol. The Morgan fingerprint density at radius 1 is 1.29 bits per heavy atom. The number of nitrogens with two attached hydrogens (primary N) is 1. The summed E-state index contributed by atoms with van der Waals surface area (Å²) in [5.74, 6) is 3.45. The minimum Gasteiger partial charge on any atom is -0.399 e. The van der Waals surface area contributed by atoms with Gasteiger partial charge in [-0.2, -0.15) is 0 Å². The summed E-state index contributed by atoms with van der Waals surface area (Å²) < 4.78 is 1.03. The average Bonchev–Trinajstić information content (AvgIpc) is 2.77. The first kappa shape index (κ1) is 12.0. The highest BCUT2D eigenvalue weighted by atomic mass is 32.1. The van der Waals surface area contributed by atoms with E-state index in [1.807, 2.05) is 18.2 Å². The van der Waals surface area contributed by atoms with Crippen molar-refractivity contribution in [2.45, 2.75) is 19.3 Å². The number of hydrogen-bond donors (Lipinski definition) is 2. The molecule has 3 N–H and O–H groups in total. The van der Waals surface area contributed by atoms with Crippen LogP contribution in [0.1, 0.15) is 19.3 Å². The average molecular weight is 299 g/mol. The molecular weight excluding hydrogens is 282 g/mol. The van der Waals surface area contributed by atoms with Gasteiger partial charge in [-0.15, -0.1) is 0 Å². The van der Waals surface area contributed by atoms with Gasteiger partial charge >= 0.3 is 0 Å². The lowest BCUT2D eigenvalue weighted by molar-refractivity contribution is -0.118. The number of fused-ring (bicyclic) bond motifs is 6. The van der Waals surface area contributed by atoms with Gasteiger partial charge in [0.1, 0.15) is 0 Å². The third kappa shape index (κ3) is 1.67. The number of anilines is 2. The van der Waals surface area contributed by atoms with E-state index in [-0.39, 0.29) is 11.8 Å². The first-order chi connectivity index (χ1) is 10.2. The second-order valence-corrected chi connectivity index (χ2v) is 7.78. The molecule has 0 aliphatic heterocycles. The molecule has 2 bridgehead atoms. The molecule has 3 aliphatic rings. The Labute approximate surface area is 126 Å². The summed E-state index contributed by atoms with van der Waals surface area (Å²) in [6, 6.07) is 5.66. The maximum atomic E-state index is 12.5. The van der Waals surface area contributed by atoms with Crippen LogP contribution >= 0.6 is 11.3 Å². The molecule has 5 heteroatoms. The van der Waals surface area contributed by atoms with Crippen LogP contribution in [-0.2, 0) is 4.79 Å². The zero-order valence-electron chi connectivity index (χ0n) is 11.6. The van der Waals surface area contributed by atoms with Gasteiger partial charge in [0.25, 0.3) is 0 Å². The molecule has 1 aromatic carbocycles. The lowest BCUT2D eigenvalue weighted by atomic mass is 10.0. The molecule has 3 fully saturated rings. The van der Waals surface area contributed by atoms with Gasteiger partial charge in [-0.1, -0.05) is 11.3 Å². The van der Waals surface area contributed by atoms with Crippen molar-refractivity contribution in [2.75, 3.05) is 11.1 Å². The number of carbonyl (C=O) groups excluding carboxylic acids is 1. The normalized spacial score (nSPS) is 35.9. The Kier molecular flexibility index (Phi) is 2.27. The smallest absolute Gasteiger partial charge is 0.229 e. The van der Waals surface area contributed by atoms with Crippen LogP contribution < -0.4 is 11.1 Å². The predicted octanol–water partition coefficient (Wildman–Crippen LogP) is 3.11. The number of aromatic nitrogens is 1. The molecule has 0 radical (unpaired) electrons. The van der Waals surface area contributed by atoms with Crippen LogP contribution in [0, 0.1) is 29.6 Å². The van der Waals surface area contributed by atoms with Crippen molar-refractivity contribution in [1.82, 2.24) is 4.98 Å². The molecular formula is C16H17N3OS. The second-order valence-electron chi connectivity index (χ2n) is 6.75. The lowest BCUT2D eigenvalue weighted by Crippen LogP contribution is -2.18. The number of nitrogens with zero attached hydrogens (tertiary/aromatic N) is 1. The number of nitrogen functional groups attached to an aromatic ring is 1. The van der Waals surface area contributed by atoms with Gasteiger partial charge in [0, 0.05) is 11.6 Å². The summed E-state index contributed by atoms with van der Waals surface area (Å²) in [6.45, 7) is 0. The fraction of sp³-hybridized carbons (Fsp3) is 0.500. The topological polar surface area (TPSA) is 68.0 Å². The van der Waals surface area contributed by atoms with Crippen LogP contribution in [0.2, 0.25) is 0 Å². The Hall–Kier alpha value is -1.62. The zero-order chi connectivity index (χ0) is 14.1. The number of nitrogens with one attached hydrogen (secondary N) is 1. The Morgan fingerprint density at radius 3 is 2.81 bits per heavy atom. The van der Waals surface area contributed by atoms with E-state index in [4.69, 9.17) is 5.73 Å². The number of thiazole rings is 1. The van der Waals surface area contributed by atoms with Gasteiger partial charge in [0.2, 0.25) is 5.91 Å². The minimum absolute atomic E-state index is 0.189. The van der Waals surface area contributed by atoms with Crippen molar-refractivity contribution < 1.29 is 4.79 Å². The highest BCUT2D eigenvalue weighted by Crippen LogP contribution is 2.69.